The van der Waals surface area contributed by atoms with Crippen LogP contribution in [0.3, 0.4) is 0 Å². The van der Waals surface area contributed by atoms with Crippen LogP contribution in [0.1, 0.15) is 12.5 Å². The highest BCUT2D eigenvalue weighted by atomic mass is 32.2. The van der Waals surface area contributed by atoms with E-state index in [1.807, 2.05) is 37.4 Å². The van der Waals surface area contributed by atoms with Gasteiger partial charge < -0.3 is 11.1 Å². The molecule has 1 atom stereocenters. The van der Waals surface area contributed by atoms with Crippen LogP contribution in [0.5, 0.6) is 0 Å². The minimum atomic E-state index is 0.0483. The van der Waals surface area contributed by atoms with Crippen molar-refractivity contribution in [2.45, 2.75) is 19.4 Å². The third-order valence-electron chi connectivity index (χ3n) is 2.14. The Morgan fingerprint density at radius 1 is 1.56 bits per heavy atom. The minimum Gasteiger partial charge on any atom is -0.399 e. The Morgan fingerprint density at radius 2 is 2.31 bits per heavy atom. The molecule has 1 amide bonds. The van der Waals surface area contributed by atoms with Gasteiger partial charge >= 0.3 is 0 Å². The molecule has 1 aromatic carbocycles. The number of amides is 1. The number of rotatable bonds is 5. The lowest BCUT2D eigenvalue weighted by atomic mass is 10.1. The van der Waals surface area contributed by atoms with Crippen LogP contribution in [0.4, 0.5) is 5.69 Å². The maximum atomic E-state index is 11.6. The molecule has 0 aliphatic heterocycles. The van der Waals surface area contributed by atoms with Gasteiger partial charge in [0.05, 0.1) is 6.42 Å². The minimum absolute atomic E-state index is 0.0483. The number of hydrogen-bond donors (Lipinski definition) is 2. The van der Waals surface area contributed by atoms with Crippen molar-refractivity contribution in [3.8, 4) is 0 Å². The lowest BCUT2D eigenvalue weighted by Gasteiger charge is -2.12. The average Bonchev–Trinajstić information content (AvgIpc) is 2.17. The monoisotopic (exact) mass is 238 g/mol. The molecule has 0 aliphatic carbocycles. The van der Waals surface area contributed by atoms with Crippen LogP contribution in [0.2, 0.25) is 0 Å². The van der Waals surface area contributed by atoms with Gasteiger partial charge in [0.2, 0.25) is 5.91 Å². The van der Waals surface area contributed by atoms with Crippen LogP contribution >= 0.6 is 11.8 Å². The third kappa shape index (κ3) is 4.57. The zero-order chi connectivity index (χ0) is 12.0. The number of thioether (sulfide) groups is 1. The summed E-state index contributed by atoms with van der Waals surface area (Å²) in [6, 6.07) is 7.64. The molecule has 1 rings (SSSR count). The standard InChI is InChI=1S/C12H18N2OS/c1-9(8-16-2)14-12(15)7-10-4-3-5-11(13)6-10/h3-6,9H,7-8,13H2,1-2H3,(H,14,15). The molecule has 0 spiro atoms. The molecule has 0 aromatic heterocycles. The average molecular weight is 238 g/mol. The largest absolute Gasteiger partial charge is 0.399 e. The van der Waals surface area contributed by atoms with E-state index >= 15 is 0 Å². The molecule has 0 fully saturated rings. The first-order valence-corrected chi connectivity index (χ1v) is 6.64. The first-order chi connectivity index (χ1) is 7.61. The van der Waals surface area contributed by atoms with Crippen molar-refractivity contribution >= 4 is 23.4 Å². The van der Waals surface area contributed by atoms with Crippen LogP contribution in [0.25, 0.3) is 0 Å². The highest BCUT2D eigenvalue weighted by Gasteiger charge is 2.07. The lowest BCUT2D eigenvalue weighted by molar-refractivity contribution is -0.120. The second-order valence-corrected chi connectivity index (χ2v) is 4.76. The number of benzene rings is 1. The molecule has 0 saturated carbocycles. The highest BCUT2D eigenvalue weighted by Crippen LogP contribution is 2.07. The van der Waals surface area contributed by atoms with Gasteiger partial charge in [0.25, 0.3) is 0 Å². The van der Waals surface area contributed by atoms with E-state index in [-0.39, 0.29) is 11.9 Å². The molecule has 1 aromatic rings. The summed E-state index contributed by atoms with van der Waals surface area (Å²) in [5.74, 6) is 0.981. The predicted molar refractivity (Wildman–Crippen MR) is 70.5 cm³/mol. The molecule has 0 aliphatic rings. The Bertz CT molecular complexity index is 355. The molecular formula is C12H18N2OS. The van der Waals surface area contributed by atoms with E-state index < -0.39 is 0 Å². The first-order valence-electron chi connectivity index (χ1n) is 5.24. The summed E-state index contributed by atoms with van der Waals surface area (Å²) in [6.07, 6.45) is 2.42. The van der Waals surface area contributed by atoms with E-state index in [4.69, 9.17) is 5.73 Å². The van der Waals surface area contributed by atoms with Gasteiger partial charge in [-0.2, -0.15) is 11.8 Å². The fraction of sp³-hybridized carbons (Fsp3) is 0.417. The molecule has 0 bridgehead atoms. The Balaban J connectivity index is 2.45. The Hall–Kier alpha value is -1.16. The highest BCUT2D eigenvalue weighted by molar-refractivity contribution is 7.98. The van der Waals surface area contributed by atoms with Crippen LogP contribution in [-0.2, 0) is 11.2 Å². The van der Waals surface area contributed by atoms with Crippen LogP contribution in [-0.4, -0.2) is 24.0 Å². The van der Waals surface area contributed by atoms with Crippen LogP contribution in [0.15, 0.2) is 24.3 Å². The van der Waals surface area contributed by atoms with Gasteiger partial charge in [-0.05, 0) is 30.9 Å². The number of anilines is 1. The topological polar surface area (TPSA) is 55.1 Å². The normalized spacial score (nSPS) is 12.1. The number of carbonyl (C=O) groups is 1. The Kier molecular flexibility index (Phi) is 5.19. The first kappa shape index (κ1) is 12.9. The third-order valence-corrected chi connectivity index (χ3v) is 2.97. The van der Waals surface area contributed by atoms with Gasteiger partial charge in [0.1, 0.15) is 0 Å². The van der Waals surface area contributed by atoms with E-state index in [0.29, 0.717) is 12.1 Å². The molecule has 3 N–H and O–H groups in total. The summed E-state index contributed by atoms with van der Waals surface area (Å²) in [6.45, 7) is 2.01. The molecule has 4 heteroatoms. The van der Waals surface area contributed by atoms with Crippen molar-refractivity contribution in [1.29, 1.82) is 0 Å². The molecular weight excluding hydrogens is 220 g/mol. The van der Waals surface area contributed by atoms with Gasteiger partial charge in [-0.3, -0.25) is 4.79 Å². The second-order valence-electron chi connectivity index (χ2n) is 3.85. The van der Waals surface area contributed by atoms with Gasteiger partial charge in [-0.1, -0.05) is 12.1 Å². The van der Waals surface area contributed by atoms with Crippen molar-refractivity contribution in [1.82, 2.24) is 5.32 Å². The summed E-state index contributed by atoms with van der Waals surface area (Å²) >= 11 is 1.73. The SMILES string of the molecule is CSCC(C)NC(=O)Cc1cccc(N)c1. The molecule has 0 heterocycles. The van der Waals surface area contributed by atoms with Gasteiger partial charge in [0.15, 0.2) is 0 Å². The summed E-state index contributed by atoms with van der Waals surface area (Å²) in [7, 11) is 0. The molecule has 0 radical (unpaired) electrons. The number of nitrogen functional groups attached to an aromatic ring is 1. The number of hydrogen-bond acceptors (Lipinski definition) is 3. The van der Waals surface area contributed by atoms with E-state index in [1.165, 1.54) is 0 Å². The second kappa shape index (κ2) is 6.43. The Labute approximate surface area is 101 Å². The summed E-state index contributed by atoms with van der Waals surface area (Å²) in [4.78, 5) is 11.6. The lowest BCUT2D eigenvalue weighted by Crippen LogP contribution is -2.35. The van der Waals surface area contributed by atoms with E-state index in [0.717, 1.165) is 11.3 Å². The van der Waals surface area contributed by atoms with E-state index in [1.54, 1.807) is 11.8 Å². The molecule has 1 unspecified atom stereocenters. The van der Waals surface area contributed by atoms with E-state index in [9.17, 15) is 4.79 Å². The summed E-state index contributed by atoms with van der Waals surface area (Å²) < 4.78 is 0. The maximum absolute atomic E-state index is 11.6. The fourth-order valence-electron chi connectivity index (χ4n) is 1.51. The van der Waals surface area contributed by atoms with Crippen LogP contribution in [0, 0.1) is 0 Å². The van der Waals surface area contributed by atoms with Crippen LogP contribution < -0.4 is 11.1 Å². The number of nitrogens with one attached hydrogen (secondary N) is 1. The van der Waals surface area contributed by atoms with Crippen molar-refractivity contribution in [3.05, 3.63) is 29.8 Å². The predicted octanol–water partition coefficient (Wildman–Crippen LogP) is 1.68. The summed E-state index contributed by atoms with van der Waals surface area (Å²) in [5, 5.41) is 2.95. The fourth-order valence-corrected chi connectivity index (χ4v) is 2.09. The van der Waals surface area contributed by atoms with Crippen molar-refractivity contribution in [3.63, 3.8) is 0 Å². The zero-order valence-electron chi connectivity index (χ0n) is 9.69. The van der Waals surface area contributed by atoms with Crippen molar-refractivity contribution in [2.75, 3.05) is 17.7 Å². The molecule has 88 valence electrons. The van der Waals surface area contributed by atoms with E-state index in [2.05, 4.69) is 5.32 Å². The zero-order valence-corrected chi connectivity index (χ0v) is 10.5. The quantitative estimate of drug-likeness (QED) is 0.767. The van der Waals surface area contributed by atoms with Gasteiger partial charge in [-0.25, -0.2) is 0 Å². The number of carbonyl (C=O) groups excluding carboxylic acids is 1. The van der Waals surface area contributed by atoms with Gasteiger partial charge in [-0.15, -0.1) is 0 Å². The molecule has 0 saturated heterocycles. The summed E-state index contributed by atoms with van der Waals surface area (Å²) in [5.41, 5.74) is 7.30. The van der Waals surface area contributed by atoms with Crippen molar-refractivity contribution in [2.24, 2.45) is 0 Å². The molecule has 3 nitrogen and oxygen atoms in total. The molecule has 16 heavy (non-hydrogen) atoms. The van der Waals surface area contributed by atoms with Crippen molar-refractivity contribution < 1.29 is 4.79 Å². The maximum Gasteiger partial charge on any atom is 0.224 e. The smallest absolute Gasteiger partial charge is 0.224 e. The Morgan fingerprint density at radius 3 is 2.94 bits per heavy atom. The number of nitrogens with two attached hydrogens (primary N) is 1. The van der Waals surface area contributed by atoms with Gasteiger partial charge in [0, 0.05) is 17.5 Å².